The fraction of sp³-hybridized carbons (Fsp3) is 0.550. The van der Waals surface area contributed by atoms with Crippen molar-refractivity contribution in [3.63, 3.8) is 0 Å². The maximum Gasteiger partial charge on any atom is 0.309 e. The fourth-order valence-electron chi connectivity index (χ4n) is 3.51. The zero-order valence-electron chi connectivity index (χ0n) is 16.2. The van der Waals surface area contributed by atoms with Crippen LogP contribution in [0.15, 0.2) is 24.3 Å². The molecule has 7 nitrogen and oxygen atoms in total. The van der Waals surface area contributed by atoms with E-state index < -0.39 is 0 Å². The van der Waals surface area contributed by atoms with Crippen molar-refractivity contribution in [3.05, 3.63) is 30.0 Å². The normalized spacial score (nSPS) is 19.9. The Morgan fingerprint density at radius 1 is 1.30 bits per heavy atom. The number of nitrogens with two attached hydrogens (primary N) is 1. The van der Waals surface area contributed by atoms with Crippen LogP contribution in [0.5, 0.6) is 5.75 Å². The van der Waals surface area contributed by atoms with E-state index in [4.69, 9.17) is 15.2 Å². The number of aryl methyl sites for hydroxylation is 1. The van der Waals surface area contributed by atoms with Crippen LogP contribution in [-0.4, -0.2) is 33.2 Å². The summed E-state index contributed by atoms with van der Waals surface area (Å²) >= 11 is 0. The summed E-state index contributed by atoms with van der Waals surface area (Å²) < 4.78 is 13.2. The maximum atomic E-state index is 12.2. The zero-order valence-corrected chi connectivity index (χ0v) is 16.2. The lowest BCUT2D eigenvalue weighted by atomic mass is 9.87. The molecule has 3 rings (SSSR count). The lowest BCUT2D eigenvalue weighted by molar-refractivity contribution is -0.154. The minimum atomic E-state index is -0.106. The molecule has 1 aromatic carbocycles. The summed E-state index contributed by atoms with van der Waals surface area (Å²) in [5.41, 5.74) is 8.43. The van der Waals surface area contributed by atoms with Gasteiger partial charge in [0.15, 0.2) is 0 Å². The second-order valence-electron chi connectivity index (χ2n) is 7.33. The van der Waals surface area contributed by atoms with Gasteiger partial charge in [-0.3, -0.25) is 9.48 Å². The Kier molecular flexibility index (Phi) is 6.11. The highest BCUT2D eigenvalue weighted by Crippen LogP contribution is 2.30. The molecule has 1 aromatic heterocycles. The van der Waals surface area contributed by atoms with E-state index in [0.29, 0.717) is 13.0 Å². The summed E-state index contributed by atoms with van der Waals surface area (Å²) in [6, 6.07) is 7.79. The van der Waals surface area contributed by atoms with Gasteiger partial charge in [-0.25, -0.2) is 0 Å². The standard InChI is InChI=1S/C20H28N4O3/c1-13(2)26-20(25)15-5-4-6-17(11-15)27-16-9-7-14(8-10-16)19-18(12-21)24(3)23-22-19/h7-10,13,15,17H,4-6,11-12,21H2,1-3H3/t15-,17-/m0/s1. The minimum absolute atomic E-state index is 0.0328. The van der Waals surface area contributed by atoms with E-state index >= 15 is 0 Å². The molecule has 1 aliphatic carbocycles. The molecule has 0 bridgehead atoms. The average molecular weight is 372 g/mol. The molecule has 0 saturated heterocycles. The Labute approximate surface area is 159 Å². The summed E-state index contributed by atoms with van der Waals surface area (Å²) in [7, 11) is 1.83. The van der Waals surface area contributed by atoms with Gasteiger partial charge >= 0.3 is 5.97 Å². The fourth-order valence-corrected chi connectivity index (χ4v) is 3.51. The second kappa shape index (κ2) is 8.52. The van der Waals surface area contributed by atoms with Crippen molar-refractivity contribution >= 4 is 5.97 Å². The largest absolute Gasteiger partial charge is 0.490 e. The van der Waals surface area contributed by atoms with Crippen LogP contribution in [0.25, 0.3) is 11.3 Å². The summed E-state index contributed by atoms with van der Waals surface area (Å²) in [4.78, 5) is 12.2. The van der Waals surface area contributed by atoms with E-state index in [1.165, 1.54) is 0 Å². The summed E-state index contributed by atoms with van der Waals surface area (Å²) in [5.74, 6) is 0.613. The summed E-state index contributed by atoms with van der Waals surface area (Å²) in [6.07, 6.45) is 3.46. The Balaban J connectivity index is 1.63. The Hall–Kier alpha value is -2.41. The molecule has 2 atom stereocenters. The van der Waals surface area contributed by atoms with E-state index in [2.05, 4.69) is 10.3 Å². The molecule has 1 saturated carbocycles. The molecule has 1 aliphatic rings. The summed E-state index contributed by atoms with van der Waals surface area (Å²) in [5, 5.41) is 8.23. The number of ether oxygens (including phenoxy) is 2. The van der Waals surface area contributed by atoms with E-state index in [1.54, 1.807) is 4.68 Å². The number of hydrogen-bond acceptors (Lipinski definition) is 6. The molecule has 2 N–H and O–H groups in total. The maximum absolute atomic E-state index is 12.2. The van der Waals surface area contributed by atoms with E-state index in [1.807, 2.05) is 45.2 Å². The molecule has 146 valence electrons. The van der Waals surface area contributed by atoms with Crippen LogP contribution in [0.1, 0.15) is 45.2 Å². The van der Waals surface area contributed by atoms with Crippen molar-refractivity contribution in [2.75, 3.05) is 0 Å². The van der Waals surface area contributed by atoms with Gasteiger partial charge in [0.2, 0.25) is 0 Å². The van der Waals surface area contributed by atoms with Crippen LogP contribution >= 0.6 is 0 Å². The topological polar surface area (TPSA) is 92.3 Å². The van der Waals surface area contributed by atoms with Gasteiger partial charge in [-0.2, -0.15) is 0 Å². The Bertz CT molecular complexity index is 770. The highest BCUT2D eigenvalue weighted by Gasteiger charge is 2.30. The molecule has 0 aliphatic heterocycles. The van der Waals surface area contributed by atoms with Crippen molar-refractivity contribution in [1.82, 2.24) is 15.0 Å². The lowest BCUT2D eigenvalue weighted by Crippen LogP contribution is -2.31. The number of rotatable bonds is 6. The highest BCUT2D eigenvalue weighted by atomic mass is 16.5. The quantitative estimate of drug-likeness (QED) is 0.784. The first-order valence-electron chi connectivity index (χ1n) is 9.54. The number of carbonyl (C=O) groups is 1. The number of carbonyl (C=O) groups excluding carboxylic acids is 1. The molecule has 0 unspecified atom stereocenters. The Morgan fingerprint density at radius 3 is 2.70 bits per heavy atom. The smallest absolute Gasteiger partial charge is 0.309 e. The zero-order chi connectivity index (χ0) is 19.4. The summed E-state index contributed by atoms with van der Waals surface area (Å²) in [6.45, 7) is 4.14. The highest BCUT2D eigenvalue weighted by molar-refractivity contribution is 5.72. The second-order valence-corrected chi connectivity index (χ2v) is 7.33. The van der Waals surface area contributed by atoms with E-state index in [0.717, 1.165) is 42.0 Å². The molecule has 1 fully saturated rings. The van der Waals surface area contributed by atoms with Gasteiger partial charge in [-0.1, -0.05) is 5.21 Å². The average Bonchev–Trinajstić information content (AvgIpc) is 3.02. The number of esters is 1. The van der Waals surface area contributed by atoms with Gasteiger partial charge in [0.05, 0.1) is 23.8 Å². The van der Waals surface area contributed by atoms with Crippen molar-refractivity contribution in [2.24, 2.45) is 18.7 Å². The third kappa shape index (κ3) is 4.66. The molecule has 0 spiro atoms. The number of benzene rings is 1. The van der Waals surface area contributed by atoms with Crippen LogP contribution < -0.4 is 10.5 Å². The first-order valence-corrected chi connectivity index (χ1v) is 9.54. The van der Waals surface area contributed by atoms with Crippen LogP contribution in [-0.2, 0) is 23.1 Å². The first-order chi connectivity index (χ1) is 13.0. The third-order valence-electron chi connectivity index (χ3n) is 4.88. The van der Waals surface area contributed by atoms with Gasteiger partial charge in [-0.05, 0) is 63.8 Å². The molecule has 0 radical (unpaired) electrons. The van der Waals surface area contributed by atoms with Gasteiger partial charge in [-0.15, -0.1) is 5.10 Å². The van der Waals surface area contributed by atoms with Crippen molar-refractivity contribution in [1.29, 1.82) is 0 Å². The molecular formula is C20H28N4O3. The van der Waals surface area contributed by atoms with Gasteiger partial charge < -0.3 is 15.2 Å². The van der Waals surface area contributed by atoms with Gasteiger partial charge in [0, 0.05) is 19.2 Å². The van der Waals surface area contributed by atoms with Crippen LogP contribution in [0.4, 0.5) is 0 Å². The van der Waals surface area contributed by atoms with Crippen molar-refractivity contribution in [2.45, 2.75) is 58.3 Å². The van der Waals surface area contributed by atoms with Gasteiger partial charge in [0.25, 0.3) is 0 Å². The minimum Gasteiger partial charge on any atom is -0.490 e. The van der Waals surface area contributed by atoms with Crippen LogP contribution in [0.2, 0.25) is 0 Å². The Morgan fingerprint density at radius 2 is 2.04 bits per heavy atom. The number of hydrogen-bond donors (Lipinski definition) is 1. The van der Waals surface area contributed by atoms with Crippen molar-refractivity contribution < 1.29 is 14.3 Å². The molecule has 1 heterocycles. The molecule has 2 aromatic rings. The van der Waals surface area contributed by atoms with E-state index in [-0.39, 0.29) is 24.1 Å². The lowest BCUT2D eigenvalue weighted by Gasteiger charge is -2.29. The number of nitrogens with zero attached hydrogens (tertiary/aromatic N) is 3. The van der Waals surface area contributed by atoms with E-state index in [9.17, 15) is 4.79 Å². The SMILES string of the molecule is CC(C)OC(=O)[C@H]1CCC[C@H](Oc2ccc(-c3nnn(C)c3CN)cc2)C1. The molecule has 0 amide bonds. The van der Waals surface area contributed by atoms with Crippen LogP contribution in [0, 0.1) is 5.92 Å². The van der Waals surface area contributed by atoms with Gasteiger partial charge in [0.1, 0.15) is 11.4 Å². The third-order valence-corrected chi connectivity index (χ3v) is 4.88. The van der Waals surface area contributed by atoms with Crippen LogP contribution in [0.3, 0.4) is 0 Å². The predicted octanol–water partition coefficient (Wildman–Crippen LogP) is 2.83. The predicted molar refractivity (Wildman–Crippen MR) is 102 cm³/mol. The number of aromatic nitrogens is 3. The molecular weight excluding hydrogens is 344 g/mol. The molecule has 27 heavy (non-hydrogen) atoms. The first kappa shape index (κ1) is 19.4. The van der Waals surface area contributed by atoms with Crippen molar-refractivity contribution in [3.8, 4) is 17.0 Å². The molecule has 7 heteroatoms. The monoisotopic (exact) mass is 372 g/mol.